The Morgan fingerprint density at radius 3 is 2.63 bits per heavy atom. The Bertz CT molecular complexity index is 368. The number of nitrogens with one attached hydrogen (secondary N) is 1. The van der Waals surface area contributed by atoms with Gasteiger partial charge in [-0.1, -0.05) is 13.0 Å². The van der Waals surface area contributed by atoms with Gasteiger partial charge in [0.2, 0.25) is 0 Å². The van der Waals surface area contributed by atoms with Gasteiger partial charge in [0.05, 0.1) is 13.7 Å². The highest BCUT2D eigenvalue weighted by Crippen LogP contribution is 2.29. The van der Waals surface area contributed by atoms with Crippen molar-refractivity contribution in [2.24, 2.45) is 0 Å². The van der Waals surface area contributed by atoms with Gasteiger partial charge in [-0.05, 0) is 26.5 Å². The predicted octanol–water partition coefficient (Wildman–Crippen LogP) is 2.78. The fourth-order valence-electron chi connectivity index (χ4n) is 1.74. The molecule has 0 aliphatic rings. The molecule has 1 rings (SSSR count). The van der Waals surface area contributed by atoms with E-state index in [2.05, 4.69) is 19.2 Å². The molecule has 0 bridgehead atoms. The van der Waals surface area contributed by atoms with E-state index in [-0.39, 0.29) is 6.04 Å². The number of rotatable bonds is 9. The van der Waals surface area contributed by atoms with Crippen molar-refractivity contribution in [3.05, 3.63) is 23.8 Å². The first-order chi connectivity index (χ1) is 9.22. The molecule has 0 saturated heterocycles. The van der Waals surface area contributed by atoms with E-state index in [1.54, 1.807) is 7.11 Å². The zero-order chi connectivity index (χ0) is 14.1. The minimum Gasteiger partial charge on any atom is -0.497 e. The van der Waals surface area contributed by atoms with Crippen LogP contribution >= 0.6 is 0 Å². The molecule has 1 atom stereocenters. The molecule has 0 heterocycles. The predicted molar refractivity (Wildman–Crippen MR) is 77.1 cm³/mol. The summed E-state index contributed by atoms with van der Waals surface area (Å²) in [5, 5.41) is 3.22. The van der Waals surface area contributed by atoms with E-state index in [4.69, 9.17) is 14.2 Å². The molecule has 0 radical (unpaired) electrons. The summed E-state index contributed by atoms with van der Waals surface area (Å²) < 4.78 is 16.5. The van der Waals surface area contributed by atoms with Gasteiger partial charge >= 0.3 is 0 Å². The van der Waals surface area contributed by atoms with Gasteiger partial charge in [0.1, 0.15) is 18.1 Å². The summed E-state index contributed by atoms with van der Waals surface area (Å²) in [5.41, 5.74) is 1.12. The van der Waals surface area contributed by atoms with Gasteiger partial charge in [0, 0.05) is 24.3 Å². The van der Waals surface area contributed by atoms with Crippen molar-refractivity contribution in [1.82, 2.24) is 5.32 Å². The van der Waals surface area contributed by atoms with Crippen molar-refractivity contribution < 1.29 is 14.2 Å². The smallest absolute Gasteiger partial charge is 0.127 e. The standard InChI is InChI=1S/C15H25NO3/c1-5-8-18-9-10-19-15-11-13(17-4)6-7-14(15)12(2)16-3/h6-7,11-12,16H,5,8-10H2,1-4H3. The van der Waals surface area contributed by atoms with Crippen molar-refractivity contribution in [2.75, 3.05) is 34.0 Å². The third-order valence-corrected chi connectivity index (χ3v) is 2.95. The van der Waals surface area contributed by atoms with Crippen LogP contribution < -0.4 is 14.8 Å². The van der Waals surface area contributed by atoms with Gasteiger partial charge in [0.25, 0.3) is 0 Å². The van der Waals surface area contributed by atoms with Crippen LogP contribution in [0.15, 0.2) is 18.2 Å². The first-order valence-electron chi connectivity index (χ1n) is 6.78. The molecule has 0 amide bonds. The number of hydrogen-bond donors (Lipinski definition) is 1. The van der Waals surface area contributed by atoms with Gasteiger partial charge in [-0.2, -0.15) is 0 Å². The Hall–Kier alpha value is -1.26. The normalized spacial score (nSPS) is 12.2. The second-order valence-electron chi connectivity index (χ2n) is 4.37. The number of benzene rings is 1. The summed E-state index contributed by atoms with van der Waals surface area (Å²) in [4.78, 5) is 0. The molecule has 0 fully saturated rings. The number of ether oxygens (including phenoxy) is 3. The average molecular weight is 267 g/mol. The van der Waals surface area contributed by atoms with Crippen LogP contribution in [-0.4, -0.2) is 34.0 Å². The summed E-state index contributed by atoms with van der Waals surface area (Å²) in [5.74, 6) is 1.65. The third kappa shape index (κ3) is 5.09. The Labute approximate surface area is 116 Å². The SMILES string of the molecule is CCCOCCOc1cc(OC)ccc1C(C)NC. The molecular formula is C15H25NO3. The Balaban J connectivity index is 2.66. The van der Waals surface area contributed by atoms with Crippen LogP contribution in [0, 0.1) is 0 Å². The molecule has 1 N–H and O–H groups in total. The Kier molecular flexibility index (Phi) is 7.30. The van der Waals surface area contributed by atoms with Gasteiger partial charge in [-0.15, -0.1) is 0 Å². The summed E-state index contributed by atoms with van der Waals surface area (Å²) in [7, 11) is 3.59. The zero-order valence-electron chi connectivity index (χ0n) is 12.4. The van der Waals surface area contributed by atoms with Crippen LogP contribution in [0.4, 0.5) is 0 Å². The molecule has 0 spiro atoms. The number of methoxy groups -OCH3 is 1. The van der Waals surface area contributed by atoms with Crippen molar-refractivity contribution >= 4 is 0 Å². The molecule has 1 aromatic rings. The maximum Gasteiger partial charge on any atom is 0.127 e. The van der Waals surface area contributed by atoms with Gasteiger partial charge in [-0.3, -0.25) is 0 Å². The summed E-state index contributed by atoms with van der Waals surface area (Å²) in [6.07, 6.45) is 1.03. The van der Waals surface area contributed by atoms with Crippen LogP contribution in [-0.2, 0) is 4.74 Å². The van der Waals surface area contributed by atoms with Crippen LogP contribution in [0.25, 0.3) is 0 Å². The van der Waals surface area contributed by atoms with Crippen LogP contribution in [0.3, 0.4) is 0 Å². The highest BCUT2D eigenvalue weighted by Gasteiger charge is 2.11. The average Bonchev–Trinajstić information content (AvgIpc) is 2.46. The molecule has 0 aromatic heterocycles. The van der Waals surface area contributed by atoms with Crippen LogP contribution in [0.5, 0.6) is 11.5 Å². The van der Waals surface area contributed by atoms with E-state index in [1.165, 1.54) is 0 Å². The van der Waals surface area contributed by atoms with Crippen molar-refractivity contribution in [2.45, 2.75) is 26.3 Å². The van der Waals surface area contributed by atoms with Crippen LogP contribution in [0.1, 0.15) is 31.9 Å². The van der Waals surface area contributed by atoms with Crippen molar-refractivity contribution in [1.29, 1.82) is 0 Å². The van der Waals surface area contributed by atoms with E-state index in [0.717, 1.165) is 30.1 Å². The first-order valence-corrected chi connectivity index (χ1v) is 6.78. The molecule has 0 aliphatic heterocycles. The second kappa shape index (κ2) is 8.77. The molecule has 4 heteroatoms. The lowest BCUT2D eigenvalue weighted by Gasteiger charge is -2.17. The van der Waals surface area contributed by atoms with Gasteiger partial charge < -0.3 is 19.5 Å². The molecule has 0 saturated carbocycles. The van der Waals surface area contributed by atoms with E-state index in [9.17, 15) is 0 Å². The zero-order valence-corrected chi connectivity index (χ0v) is 12.4. The minimum absolute atomic E-state index is 0.234. The maximum absolute atomic E-state index is 5.80. The topological polar surface area (TPSA) is 39.7 Å². The summed E-state index contributed by atoms with van der Waals surface area (Å²) in [6.45, 7) is 6.13. The quantitative estimate of drug-likeness (QED) is 0.698. The van der Waals surface area contributed by atoms with Crippen molar-refractivity contribution in [3.63, 3.8) is 0 Å². The van der Waals surface area contributed by atoms with E-state index in [0.29, 0.717) is 13.2 Å². The van der Waals surface area contributed by atoms with Gasteiger partial charge in [0.15, 0.2) is 0 Å². The molecule has 1 aromatic carbocycles. The lowest BCUT2D eigenvalue weighted by atomic mass is 10.1. The molecular weight excluding hydrogens is 242 g/mol. The first kappa shape index (κ1) is 15.8. The highest BCUT2D eigenvalue weighted by atomic mass is 16.5. The lowest BCUT2D eigenvalue weighted by Crippen LogP contribution is -2.15. The summed E-state index contributed by atoms with van der Waals surface area (Å²) in [6, 6.07) is 6.13. The van der Waals surface area contributed by atoms with Crippen molar-refractivity contribution in [3.8, 4) is 11.5 Å². The van der Waals surface area contributed by atoms with E-state index in [1.807, 2.05) is 25.2 Å². The van der Waals surface area contributed by atoms with Crippen LogP contribution in [0.2, 0.25) is 0 Å². The second-order valence-corrected chi connectivity index (χ2v) is 4.37. The van der Waals surface area contributed by atoms with Gasteiger partial charge in [-0.25, -0.2) is 0 Å². The van der Waals surface area contributed by atoms with E-state index < -0.39 is 0 Å². The highest BCUT2D eigenvalue weighted by molar-refractivity contribution is 5.42. The monoisotopic (exact) mass is 267 g/mol. The number of hydrogen-bond acceptors (Lipinski definition) is 4. The maximum atomic E-state index is 5.80. The Morgan fingerprint density at radius 1 is 1.21 bits per heavy atom. The molecule has 4 nitrogen and oxygen atoms in total. The largest absolute Gasteiger partial charge is 0.497 e. The minimum atomic E-state index is 0.234. The molecule has 19 heavy (non-hydrogen) atoms. The van der Waals surface area contributed by atoms with E-state index >= 15 is 0 Å². The fourth-order valence-corrected chi connectivity index (χ4v) is 1.74. The molecule has 108 valence electrons. The molecule has 1 unspecified atom stereocenters. The Morgan fingerprint density at radius 2 is 2.00 bits per heavy atom. The lowest BCUT2D eigenvalue weighted by molar-refractivity contribution is 0.1000. The fraction of sp³-hybridized carbons (Fsp3) is 0.600. The molecule has 0 aliphatic carbocycles. The summed E-state index contributed by atoms with van der Waals surface area (Å²) >= 11 is 0. The third-order valence-electron chi connectivity index (χ3n) is 2.95.